The van der Waals surface area contributed by atoms with Gasteiger partial charge in [0.25, 0.3) is 0 Å². The van der Waals surface area contributed by atoms with Gasteiger partial charge in [-0.2, -0.15) is 0 Å². The van der Waals surface area contributed by atoms with Crippen LogP contribution >= 0.6 is 11.8 Å². The molecule has 0 aromatic carbocycles. The largest absolute Gasteiger partial charge is 0.304 e. The number of rotatable bonds is 0. The molecule has 1 rings (SSSR count). The molecule has 1 aliphatic rings. The maximum Gasteiger partial charge on any atom is 0.0413 e. The van der Waals surface area contributed by atoms with E-state index in [4.69, 9.17) is 5.41 Å². The predicted molar refractivity (Wildman–Crippen MR) is 52.3 cm³/mol. The molecule has 1 aliphatic heterocycles. The molecule has 0 bridgehead atoms. The van der Waals surface area contributed by atoms with Crippen molar-refractivity contribution >= 4 is 17.5 Å². The summed E-state index contributed by atoms with van der Waals surface area (Å²) in [5, 5.41) is 7.46. The van der Waals surface area contributed by atoms with Crippen molar-refractivity contribution in [2.45, 2.75) is 19.3 Å². The van der Waals surface area contributed by atoms with Crippen LogP contribution in [0.15, 0.2) is 23.6 Å². The lowest BCUT2D eigenvalue weighted by Crippen LogP contribution is -1.93. The molecule has 2 heteroatoms. The van der Waals surface area contributed by atoms with E-state index in [1.807, 2.05) is 6.08 Å². The number of hydrogen-bond acceptors (Lipinski definition) is 2. The summed E-state index contributed by atoms with van der Waals surface area (Å²) in [4.78, 5) is 1.22. The second-order valence-corrected chi connectivity index (χ2v) is 3.80. The molecular formula is C9H13NS. The van der Waals surface area contributed by atoms with Crippen LogP contribution in [-0.2, 0) is 0 Å². The van der Waals surface area contributed by atoms with E-state index in [0.717, 1.165) is 18.6 Å². The number of allylic oxidation sites excluding steroid dienone is 3. The van der Waals surface area contributed by atoms with E-state index in [0.29, 0.717) is 5.71 Å². The van der Waals surface area contributed by atoms with Gasteiger partial charge in [0.15, 0.2) is 0 Å². The Morgan fingerprint density at radius 2 is 2.36 bits per heavy atom. The van der Waals surface area contributed by atoms with Gasteiger partial charge in [-0.25, -0.2) is 0 Å². The van der Waals surface area contributed by atoms with Gasteiger partial charge in [-0.05, 0) is 30.2 Å². The molecule has 11 heavy (non-hydrogen) atoms. The van der Waals surface area contributed by atoms with E-state index in [1.54, 1.807) is 11.8 Å². The molecule has 0 amide bonds. The molecule has 0 saturated carbocycles. The Morgan fingerprint density at radius 3 is 3.18 bits per heavy atom. The summed E-state index contributed by atoms with van der Waals surface area (Å²) in [7, 11) is 0. The van der Waals surface area contributed by atoms with Crippen molar-refractivity contribution in [3.05, 3.63) is 23.6 Å². The van der Waals surface area contributed by atoms with Crippen LogP contribution in [0.1, 0.15) is 19.3 Å². The van der Waals surface area contributed by atoms with E-state index in [9.17, 15) is 0 Å². The van der Waals surface area contributed by atoms with Crippen molar-refractivity contribution in [2.75, 3.05) is 5.75 Å². The summed E-state index contributed by atoms with van der Waals surface area (Å²) < 4.78 is 0. The first-order valence-electron chi connectivity index (χ1n) is 3.83. The highest BCUT2D eigenvalue weighted by atomic mass is 32.2. The highest BCUT2D eigenvalue weighted by Crippen LogP contribution is 2.21. The summed E-state index contributed by atoms with van der Waals surface area (Å²) >= 11 is 1.70. The van der Waals surface area contributed by atoms with Gasteiger partial charge in [-0.3, -0.25) is 0 Å². The van der Waals surface area contributed by atoms with Gasteiger partial charge >= 0.3 is 0 Å². The molecule has 0 spiro atoms. The molecule has 0 aliphatic carbocycles. The number of hydrogen-bond donors (Lipinski definition) is 1. The SMILES string of the molecule is C=C1CCCC=CC(=N)CS1. The zero-order valence-electron chi connectivity index (χ0n) is 6.60. The average molecular weight is 167 g/mol. The lowest BCUT2D eigenvalue weighted by Gasteiger charge is -2.00. The monoisotopic (exact) mass is 167 g/mol. The van der Waals surface area contributed by atoms with Crippen molar-refractivity contribution in [3.8, 4) is 0 Å². The smallest absolute Gasteiger partial charge is 0.0413 e. The third kappa shape index (κ3) is 3.42. The summed E-state index contributed by atoms with van der Waals surface area (Å²) in [6.07, 6.45) is 7.35. The fourth-order valence-corrected chi connectivity index (χ4v) is 1.69. The lowest BCUT2D eigenvalue weighted by atomic mass is 10.2. The summed E-state index contributed by atoms with van der Waals surface area (Å²) in [6.45, 7) is 3.93. The van der Waals surface area contributed by atoms with Gasteiger partial charge in [0.1, 0.15) is 0 Å². The van der Waals surface area contributed by atoms with Crippen molar-refractivity contribution in [2.24, 2.45) is 0 Å². The second kappa shape index (κ2) is 4.39. The minimum absolute atomic E-state index is 0.707. The van der Waals surface area contributed by atoms with Gasteiger partial charge in [0.2, 0.25) is 0 Å². The third-order valence-corrected chi connectivity index (χ3v) is 2.64. The maximum atomic E-state index is 7.46. The van der Waals surface area contributed by atoms with E-state index in [2.05, 4.69) is 12.7 Å². The molecule has 0 saturated heterocycles. The number of thioether (sulfide) groups is 1. The topological polar surface area (TPSA) is 23.9 Å². The Labute approximate surface area is 72.1 Å². The fourth-order valence-electron chi connectivity index (χ4n) is 0.943. The van der Waals surface area contributed by atoms with Crippen LogP contribution in [0.2, 0.25) is 0 Å². The van der Waals surface area contributed by atoms with Crippen LogP contribution in [0.5, 0.6) is 0 Å². The Hall–Kier alpha value is -0.500. The molecular weight excluding hydrogens is 154 g/mol. The Balaban J connectivity index is 2.48. The van der Waals surface area contributed by atoms with Crippen LogP contribution in [0.3, 0.4) is 0 Å². The molecule has 1 N–H and O–H groups in total. The van der Waals surface area contributed by atoms with Crippen LogP contribution < -0.4 is 0 Å². The fraction of sp³-hybridized carbons (Fsp3) is 0.444. The second-order valence-electron chi connectivity index (χ2n) is 2.65. The first-order valence-corrected chi connectivity index (χ1v) is 4.82. The minimum Gasteiger partial charge on any atom is -0.304 e. The van der Waals surface area contributed by atoms with Gasteiger partial charge in [0, 0.05) is 11.5 Å². The van der Waals surface area contributed by atoms with Gasteiger partial charge in [-0.15, -0.1) is 11.8 Å². The van der Waals surface area contributed by atoms with Crippen molar-refractivity contribution in [1.29, 1.82) is 5.41 Å². The molecule has 0 radical (unpaired) electrons. The van der Waals surface area contributed by atoms with Crippen LogP contribution in [0.25, 0.3) is 0 Å². The first-order chi connectivity index (χ1) is 5.29. The Bertz CT molecular complexity index is 194. The predicted octanol–water partition coefficient (Wildman–Crippen LogP) is 2.99. The number of nitrogens with one attached hydrogen (secondary N) is 1. The molecule has 0 atom stereocenters. The van der Waals surface area contributed by atoms with Crippen LogP contribution in [0.4, 0.5) is 0 Å². The Kier molecular flexibility index (Phi) is 3.43. The average Bonchev–Trinajstić information content (AvgIpc) is 2.06. The van der Waals surface area contributed by atoms with Crippen molar-refractivity contribution in [3.63, 3.8) is 0 Å². The molecule has 1 heterocycles. The Morgan fingerprint density at radius 1 is 1.55 bits per heavy atom. The zero-order chi connectivity index (χ0) is 8.10. The van der Waals surface area contributed by atoms with Gasteiger partial charge in [-0.1, -0.05) is 12.7 Å². The zero-order valence-corrected chi connectivity index (χ0v) is 7.41. The van der Waals surface area contributed by atoms with Gasteiger partial charge < -0.3 is 5.41 Å². The molecule has 0 aromatic rings. The van der Waals surface area contributed by atoms with Crippen LogP contribution in [0, 0.1) is 5.41 Å². The molecule has 1 nitrogen and oxygen atoms in total. The maximum absolute atomic E-state index is 7.46. The minimum atomic E-state index is 0.707. The quantitative estimate of drug-likeness (QED) is 0.589. The highest BCUT2D eigenvalue weighted by Gasteiger charge is 1.99. The molecule has 60 valence electrons. The van der Waals surface area contributed by atoms with E-state index >= 15 is 0 Å². The standard InChI is InChI=1S/C9H13NS/c1-8-5-3-2-4-6-9(10)7-11-8/h4,6,10H,1-3,5,7H2. The van der Waals surface area contributed by atoms with Gasteiger partial charge in [0.05, 0.1) is 0 Å². The van der Waals surface area contributed by atoms with Crippen molar-refractivity contribution < 1.29 is 0 Å². The first kappa shape index (κ1) is 8.60. The van der Waals surface area contributed by atoms with E-state index in [-0.39, 0.29) is 0 Å². The van der Waals surface area contributed by atoms with E-state index < -0.39 is 0 Å². The summed E-state index contributed by atoms with van der Waals surface area (Å²) in [6, 6.07) is 0. The summed E-state index contributed by atoms with van der Waals surface area (Å²) in [5.74, 6) is 0.787. The van der Waals surface area contributed by atoms with Crippen molar-refractivity contribution in [1.82, 2.24) is 0 Å². The highest BCUT2D eigenvalue weighted by molar-refractivity contribution is 8.03. The molecule has 0 fully saturated rings. The third-order valence-electron chi connectivity index (χ3n) is 1.58. The van der Waals surface area contributed by atoms with E-state index in [1.165, 1.54) is 11.3 Å². The van der Waals surface area contributed by atoms with Crippen LogP contribution in [-0.4, -0.2) is 11.5 Å². The molecule has 0 aromatic heterocycles. The lowest BCUT2D eigenvalue weighted by molar-refractivity contribution is 0.863. The summed E-state index contributed by atoms with van der Waals surface area (Å²) in [5.41, 5.74) is 0.707. The normalized spacial score (nSPS) is 20.7. The molecule has 0 unspecified atom stereocenters.